The van der Waals surface area contributed by atoms with Gasteiger partial charge in [-0.05, 0) is 140 Å². The van der Waals surface area contributed by atoms with Crippen molar-refractivity contribution in [3.05, 3.63) is 65.7 Å². The fourth-order valence-corrected chi connectivity index (χ4v) is 9.50. The van der Waals surface area contributed by atoms with Crippen molar-refractivity contribution < 1.29 is 14.9 Å². The number of aliphatic hydroxyl groups excluding tert-OH is 2. The molecule has 7 atom stereocenters. The van der Waals surface area contributed by atoms with E-state index in [0.29, 0.717) is 10.8 Å². The number of benzene rings is 2. The minimum absolute atomic E-state index is 0.0696. The Balaban J connectivity index is 0.991. The summed E-state index contributed by atoms with van der Waals surface area (Å²) in [5.41, 5.74) is 5.67. The molecule has 7 unspecified atom stereocenters. The lowest BCUT2D eigenvalue weighted by Crippen LogP contribution is -2.50. The second-order valence-corrected chi connectivity index (χ2v) is 13.7. The molecular formula is C36H48O3. The smallest absolute Gasteiger partial charge is 0.119 e. The SMILES string of the molecule is CC12CCC(O)CC1=CCC1C2CCC2(C)C(CCCCOc3ccc(-c4cccc(CO)c4)cc3)CCC12. The van der Waals surface area contributed by atoms with Crippen molar-refractivity contribution in [3.8, 4) is 16.9 Å². The molecule has 3 fully saturated rings. The van der Waals surface area contributed by atoms with Gasteiger partial charge in [0.25, 0.3) is 0 Å². The molecule has 3 saturated carbocycles. The minimum Gasteiger partial charge on any atom is -0.494 e. The standard InChI is InChI=1S/C36H48O3/c1-35-20-18-34-32(15-11-29-23-30(38)17-19-36(29,34)2)33(35)16-12-28(35)8-3-4-21-39-31-13-9-26(10-14-31)27-7-5-6-25(22-27)24-37/h5-7,9-11,13-14,22,28,30,32-34,37-38H,3-4,8,12,15-21,23-24H2,1-2H3. The van der Waals surface area contributed by atoms with Crippen molar-refractivity contribution in [2.24, 2.45) is 34.5 Å². The van der Waals surface area contributed by atoms with E-state index in [4.69, 9.17) is 4.74 Å². The summed E-state index contributed by atoms with van der Waals surface area (Å²) in [6, 6.07) is 16.4. The average molecular weight is 529 g/mol. The van der Waals surface area contributed by atoms with E-state index >= 15 is 0 Å². The molecule has 0 spiro atoms. The predicted molar refractivity (Wildman–Crippen MR) is 158 cm³/mol. The van der Waals surface area contributed by atoms with Crippen molar-refractivity contribution in [2.75, 3.05) is 6.61 Å². The lowest BCUT2D eigenvalue weighted by Gasteiger charge is -2.58. The zero-order valence-electron chi connectivity index (χ0n) is 24.1. The maximum absolute atomic E-state index is 10.3. The van der Waals surface area contributed by atoms with E-state index in [1.807, 2.05) is 18.2 Å². The third kappa shape index (κ3) is 5.10. The highest BCUT2D eigenvalue weighted by Crippen LogP contribution is 2.66. The van der Waals surface area contributed by atoms with E-state index in [-0.39, 0.29) is 12.7 Å². The Morgan fingerprint density at radius 3 is 2.56 bits per heavy atom. The molecule has 3 nitrogen and oxygen atoms in total. The molecule has 0 saturated heterocycles. The van der Waals surface area contributed by atoms with E-state index < -0.39 is 0 Å². The number of fused-ring (bicyclic) bond motifs is 5. The molecule has 0 radical (unpaired) electrons. The summed E-state index contributed by atoms with van der Waals surface area (Å²) in [5.74, 6) is 4.38. The van der Waals surface area contributed by atoms with Crippen LogP contribution in [0.1, 0.15) is 90.0 Å². The summed E-state index contributed by atoms with van der Waals surface area (Å²) < 4.78 is 6.11. The van der Waals surface area contributed by atoms with Crippen LogP contribution in [0.4, 0.5) is 0 Å². The van der Waals surface area contributed by atoms with Gasteiger partial charge in [0, 0.05) is 0 Å². The maximum atomic E-state index is 10.3. The van der Waals surface area contributed by atoms with Gasteiger partial charge in [0.1, 0.15) is 5.75 Å². The van der Waals surface area contributed by atoms with E-state index in [1.54, 1.807) is 5.57 Å². The minimum atomic E-state index is -0.107. The van der Waals surface area contributed by atoms with Crippen molar-refractivity contribution >= 4 is 0 Å². The summed E-state index contributed by atoms with van der Waals surface area (Å²) in [6.07, 6.45) is 16.2. The summed E-state index contributed by atoms with van der Waals surface area (Å²) in [4.78, 5) is 0. The molecule has 0 aromatic heterocycles. The zero-order chi connectivity index (χ0) is 27.0. The molecule has 210 valence electrons. The number of aliphatic hydroxyl groups is 2. The van der Waals surface area contributed by atoms with Gasteiger partial charge in [-0.2, -0.15) is 0 Å². The second-order valence-electron chi connectivity index (χ2n) is 13.7. The Bertz CT molecular complexity index is 1170. The number of unbranched alkanes of at least 4 members (excludes halogenated alkanes) is 1. The molecule has 0 heterocycles. The van der Waals surface area contributed by atoms with Gasteiger partial charge >= 0.3 is 0 Å². The highest BCUT2D eigenvalue weighted by Gasteiger charge is 2.58. The van der Waals surface area contributed by atoms with E-state index in [9.17, 15) is 10.2 Å². The van der Waals surface area contributed by atoms with Gasteiger partial charge < -0.3 is 14.9 Å². The number of ether oxygens (including phenoxy) is 1. The normalized spacial score (nSPS) is 35.5. The number of allylic oxidation sites excluding steroid dienone is 1. The first-order valence-electron chi connectivity index (χ1n) is 15.7. The van der Waals surface area contributed by atoms with Crippen LogP contribution < -0.4 is 4.74 Å². The Morgan fingerprint density at radius 1 is 0.897 bits per heavy atom. The van der Waals surface area contributed by atoms with Crippen molar-refractivity contribution in [1.82, 2.24) is 0 Å². The van der Waals surface area contributed by atoms with Crippen LogP contribution in [0.2, 0.25) is 0 Å². The lowest BCUT2D eigenvalue weighted by molar-refractivity contribution is -0.0509. The van der Waals surface area contributed by atoms with Crippen LogP contribution in [0.15, 0.2) is 60.2 Å². The molecule has 0 amide bonds. The van der Waals surface area contributed by atoms with E-state index in [2.05, 4.69) is 50.3 Å². The van der Waals surface area contributed by atoms with Crippen LogP contribution in [0.3, 0.4) is 0 Å². The monoisotopic (exact) mass is 528 g/mol. The molecule has 0 bridgehead atoms. The van der Waals surface area contributed by atoms with Gasteiger partial charge in [-0.25, -0.2) is 0 Å². The molecule has 4 aliphatic carbocycles. The highest BCUT2D eigenvalue weighted by atomic mass is 16.5. The second kappa shape index (κ2) is 11.1. The number of hydrogen-bond acceptors (Lipinski definition) is 3. The molecular weight excluding hydrogens is 480 g/mol. The van der Waals surface area contributed by atoms with Crippen LogP contribution in [0.25, 0.3) is 11.1 Å². The van der Waals surface area contributed by atoms with Gasteiger partial charge in [-0.15, -0.1) is 0 Å². The van der Waals surface area contributed by atoms with E-state index in [1.165, 1.54) is 51.4 Å². The fourth-order valence-electron chi connectivity index (χ4n) is 9.50. The van der Waals surface area contributed by atoms with Crippen molar-refractivity contribution in [1.29, 1.82) is 0 Å². The van der Waals surface area contributed by atoms with Crippen molar-refractivity contribution in [2.45, 2.75) is 97.2 Å². The van der Waals surface area contributed by atoms with Gasteiger partial charge in [0.15, 0.2) is 0 Å². The maximum Gasteiger partial charge on any atom is 0.119 e. The first-order chi connectivity index (χ1) is 18.9. The van der Waals surface area contributed by atoms with E-state index in [0.717, 1.165) is 72.0 Å². The van der Waals surface area contributed by atoms with Crippen molar-refractivity contribution in [3.63, 3.8) is 0 Å². The van der Waals surface area contributed by atoms with Crippen LogP contribution in [-0.4, -0.2) is 22.9 Å². The third-order valence-corrected chi connectivity index (χ3v) is 11.8. The molecule has 2 aromatic carbocycles. The van der Waals surface area contributed by atoms with Gasteiger partial charge in [-0.3, -0.25) is 0 Å². The molecule has 39 heavy (non-hydrogen) atoms. The first-order valence-corrected chi connectivity index (χ1v) is 15.7. The number of rotatable bonds is 8. The van der Waals surface area contributed by atoms with Crippen LogP contribution in [-0.2, 0) is 6.61 Å². The largest absolute Gasteiger partial charge is 0.494 e. The van der Waals surface area contributed by atoms with Crippen LogP contribution >= 0.6 is 0 Å². The highest BCUT2D eigenvalue weighted by molar-refractivity contribution is 5.64. The Morgan fingerprint density at radius 2 is 1.74 bits per heavy atom. The molecule has 2 N–H and O–H groups in total. The Labute approximate surface area is 235 Å². The third-order valence-electron chi connectivity index (χ3n) is 11.8. The summed E-state index contributed by atoms with van der Waals surface area (Å²) in [6.45, 7) is 6.04. The predicted octanol–water partition coefficient (Wildman–Crippen LogP) is 8.33. The summed E-state index contributed by atoms with van der Waals surface area (Å²) >= 11 is 0. The summed E-state index contributed by atoms with van der Waals surface area (Å²) in [7, 11) is 0. The van der Waals surface area contributed by atoms with Crippen LogP contribution in [0, 0.1) is 34.5 Å². The van der Waals surface area contributed by atoms with Gasteiger partial charge in [0.2, 0.25) is 0 Å². The molecule has 6 rings (SSSR count). The first kappa shape index (κ1) is 27.1. The van der Waals surface area contributed by atoms with Gasteiger partial charge in [-0.1, -0.05) is 55.8 Å². The molecule has 4 aliphatic rings. The lowest BCUT2D eigenvalue weighted by atomic mass is 9.47. The molecule has 3 heteroatoms. The summed E-state index contributed by atoms with van der Waals surface area (Å²) in [5, 5.41) is 19.7. The quantitative estimate of drug-likeness (QED) is 0.267. The Hall–Kier alpha value is -2.10. The zero-order valence-corrected chi connectivity index (χ0v) is 24.1. The molecule has 0 aliphatic heterocycles. The fraction of sp³-hybridized carbons (Fsp3) is 0.611. The Kier molecular flexibility index (Phi) is 7.68. The van der Waals surface area contributed by atoms with Crippen LogP contribution in [0.5, 0.6) is 5.75 Å². The number of hydrogen-bond donors (Lipinski definition) is 2. The topological polar surface area (TPSA) is 49.7 Å². The van der Waals surface area contributed by atoms with Gasteiger partial charge in [0.05, 0.1) is 19.3 Å². The average Bonchev–Trinajstić information content (AvgIpc) is 3.29. The molecule has 2 aromatic rings.